The largest absolute Gasteiger partial charge is 0.377 e. The van der Waals surface area contributed by atoms with Gasteiger partial charge in [0.25, 0.3) is 5.69 Å². The van der Waals surface area contributed by atoms with E-state index in [1.165, 1.54) is 0 Å². The number of rotatable bonds is 5. The van der Waals surface area contributed by atoms with Crippen molar-refractivity contribution in [2.75, 3.05) is 5.32 Å². The minimum absolute atomic E-state index is 0.0583. The van der Waals surface area contributed by atoms with Crippen molar-refractivity contribution in [2.24, 2.45) is 5.92 Å². The Kier molecular flexibility index (Phi) is 5.58. The van der Waals surface area contributed by atoms with E-state index in [0.29, 0.717) is 5.69 Å². The number of hydrogen-bond donors (Lipinski definition) is 2. The van der Waals surface area contributed by atoms with Crippen molar-refractivity contribution in [2.45, 2.75) is 58.5 Å². The Labute approximate surface area is 136 Å². The highest BCUT2D eigenvalue weighted by Crippen LogP contribution is 2.31. The van der Waals surface area contributed by atoms with E-state index in [-0.39, 0.29) is 34.5 Å². The van der Waals surface area contributed by atoms with Gasteiger partial charge in [-0.05, 0) is 58.1 Å². The lowest BCUT2D eigenvalue weighted by molar-refractivity contribution is -0.384. The molecule has 0 radical (unpaired) electrons. The van der Waals surface area contributed by atoms with Crippen LogP contribution in [0.15, 0.2) is 18.2 Å². The summed E-state index contributed by atoms with van der Waals surface area (Å²) in [5.41, 5.74) is 1.67. The van der Waals surface area contributed by atoms with Crippen molar-refractivity contribution < 1.29 is 9.72 Å². The van der Waals surface area contributed by atoms with Crippen molar-refractivity contribution in [3.63, 3.8) is 0 Å². The third-order valence-electron chi connectivity index (χ3n) is 4.24. The molecule has 2 N–H and O–H groups in total. The third kappa shape index (κ3) is 4.68. The van der Waals surface area contributed by atoms with Crippen LogP contribution in [0.25, 0.3) is 0 Å². The van der Waals surface area contributed by atoms with Crippen molar-refractivity contribution in [1.82, 2.24) is 5.32 Å². The van der Waals surface area contributed by atoms with Gasteiger partial charge in [-0.15, -0.1) is 0 Å². The first-order valence-electron chi connectivity index (χ1n) is 8.18. The van der Waals surface area contributed by atoms with E-state index in [4.69, 9.17) is 0 Å². The highest BCUT2D eigenvalue weighted by Gasteiger charge is 2.27. The zero-order valence-electron chi connectivity index (χ0n) is 14.0. The summed E-state index contributed by atoms with van der Waals surface area (Å²) in [7, 11) is 0. The van der Waals surface area contributed by atoms with E-state index in [9.17, 15) is 14.9 Å². The summed E-state index contributed by atoms with van der Waals surface area (Å²) in [5.74, 6) is 0.183. The molecule has 2 rings (SSSR count). The second kappa shape index (κ2) is 7.44. The minimum atomic E-state index is -0.358. The Balaban J connectivity index is 1.96. The van der Waals surface area contributed by atoms with Crippen molar-refractivity contribution in [3.8, 4) is 0 Å². The monoisotopic (exact) mass is 319 g/mol. The van der Waals surface area contributed by atoms with Gasteiger partial charge in [0.1, 0.15) is 5.69 Å². The summed E-state index contributed by atoms with van der Waals surface area (Å²) < 4.78 is 0. The second-order valence-corrected chi connectivity index (χ2v) is 6.63. The summed E-state index contributed by atoms with van der Waals surface area (Å²) in [5, 5.41) is 17.4. The molecule has 0 bridgehead atoms. The first-order valence-corrected chi connectivity index (χ1v) is 8.18. The molecule has 1 saturated carbocycles. The Morgan fingerprint density at radius 1 is 1.26 bits per heavy atom. The number of anilines is 1. The molecule has 0 atom stereocenters. The summed E-state index contributed by atoms with van der Waals surface area (Å²) in [4.78, 5) is 22.8. The van der Waals surface area contributed by atoms with Gasteiger partial charge in [-0.2, -0.15) is 0 Å². The van der Waals surface area contributed by atoms with Gasteiger partial charge in [0.2, 0.25) is 5.91 Å². The molecular formula is C17H25N3O3. The van der Waals surface area contributed by atoms with Crippen LogP contribution in [0.3, 0.4) is 0 Å². The Morgan fingerprint density at radius 3 is 2.48 bits per heavy atom. The van der Waals surface area contributed by atoms with Crippen LogP contribution < -0.4 is 10.6 Å². The quantitative estimate of drug-likeness (QED) is 0.643. The molecular weight excluding hydrogens is 294 g/mol. The van der Waals surface area contributed by atoms with Gasteiger partial charge in [0, 0.05) is 24.1 Å². The molecule has 0 unspecified atom stereocenters. The molecule has 6 heteroatoms. The first-order chi connectivity index (χ1) is 10.9. The number of nitro benzene ring substituents is 1. The molecule has 0 aliphatic heterocycles. The normalized spacial score (nSPS) is 21.0. The van der Waals surface area contributed by atoms with Gasteiger partial charge in [-0.3, -0.25) is 14.9 Å². The number of hydrogen-bond acceptors (Lipinski definition) is 4. The number of nitrogens with one attached hydrogen (secondary N) is 2. The minimum Gasteiger partial charge on any atom is -0.377 e. The van der Waals surface area contributed by atoms with Crippen LogP contribution in [0.2, 0.25) is 0 Å². The Hall–Kier alpha value is -2.11. The average Bonchev–Trinajstić information content (AvgIpc) is 2.47. The molecule has 1 aromatic carbocycles. The number of carbonyl (C=O) groups excluding carboxylic acids is 1. The summed E-state index contributed by atoms with van der Waals surface area (Å²) >= 11 is 0. The first kappa shape index (κ1) is 17.2. The van der Waals surface area contributed by atoms with Crippen LogP contribution in [0.4, 0.5) is 11.4 Å². The van der Waals surface area contributed by atoms with Crippen LogP contribution in [0.5, 0.6) is 0 Å². The lowest BCUT2D eigenvalue weighted by Crippen LogP contribution is -2.38. The van der Waals surface area contributed by atoms with Crippen molar-refractivity contribution in [3.05, 3.63) is 33.9 Å². The third-order valence-corrected chi connectivity index (χ3v) is 4.24. The molecule has 23 heavy (non-hydrogen) atoms. The summed E-state index contributed by atoms with van der Waals surface area (Å²) in [6, 6.07) is 5.44. The Bertz CT molecular complexity index is 578. The second-order valence-electron chi connectivity index (χ2n) is 6.63. The molecule has 0 aromatic heterocycles. The van der Waals surface area contributed by atoms with Crippen molar-refractivity contribution >= 4 is 17.3 Å². The van der Waals surface area contributed by atoms with E-state index in [1.807, 2.05) is 26.8 Å². The maximum Gasteiger partial charge on any atom is 0.292 e. The van der Waals surface area contributed by atoms with E-state index in [2.05, 4.69) is 10.6 Å². The maximum absolute atomic E-state index is 12.0. The van der Waals surface area contributed by atoms with Gasteiger partial charge < -0.3 is 10.6 Å². The number of amides is 1. The van der Waals surface area contributed by atoms with Crippen LogP contribution >= 0.6 is 0 Å². The number of nitrogens with zero attached hydrogens (tertiary/aromatic N) is 1. The average molecular weight is 319 g/mol. The fourth-order valence-electron chi connectivity index (χ4n) is 3.05. The number of benzene rings is 1. The zero-order chi connectivity index (χ0) is 17.0. The number of nitro groups is 1. The predicted octanol–water partition coefficient (Wildman–Crippen LogP) is 3.40. The topological polar surface area (TPSA) is 84.3 Å². The van der Waals surface area contributed by atoms with E-state index in [0.717, 1.165) is 31.2 Å². The maximum atomic E-state index is 12.0. The van der Waals surface area contributed by atoms with Gasteiger partial charge in [0.15, 0.2) is 0 Å². The standard InChI is InChI=1S/C17H25N3O3/c1-11(2)18-17(21)13-5-7-14(8-6-13)19-15-10-12(3)4-9-16(15)20(22)23/h4,9-11,13-14,19H,5-8H2,1-3H3,(H,18,21). The van der Waals surface area contributed by atoms with E-state index < -0.39 is 0 Å². The molecule has 1 fully saturated rings. The molecule has 1 amide bonds. The molecule has 1 aromatic rings. The Morgan fingerprint density at radius 2 is 1.91 bits per heavy atom. The van der Waals surface area contributed by atoms with Crippen LogP contribution in [-0.2, 0) is 4.79 Å². The smallest absolute Gasteiger partial charge is 0.292 e. The molecule has 0 heterocycles. The molecule has 1 aliphatic carbocycles. The lowest BCUT2D eigenvalue weighted by Gasteiger charge is -2.29. The van der Waals surface area contributed by atoms with Crippen molar-refractivity contribution in [1.29, 1.82) is 0 Å². The van der Waals surface area contributed by atoms with Crippen LogP contribution in [-0.4, -0.2) is 22.9 Å². The molecule has 0 saturated heterocycles. The van der Waals surface area contributed by atoms with Gasteiger partial charge >= 0.3 is 0 Å². The highest BCUT2D eigenvalue weighted by molar-refractivity contribution is 5.79. The van der Waals surface area contributed by atoms with Gasteiger partial charge in [-0.25, -0.2) is 0 Å². The number of carbonyl (C=O) groups is 1. The van der Waals surface area contributed by atoms with Gasteiger partial charge in [0.05, 0.1) is 4.92 Å². The lowest BCUT2D eigenvalue weighted by atomic mass is 9.85. The molecule has 0 spiro atoms. The summed E-state index contributed by atoms with van der Waals surface area (Å²) in [6.45, 7) is 5.84. The van der Waals surface area contributed by atoms with E-state index in [1.54, 1.807) is 12.1 Å². The van der Waals surface area contributed by atoms with Crippen LogP contribution in [0.1, 0.15) is 45.1 Å². The zero-order valence-corrected chi connectivity index (χ0v) is 14.0. The fourth-order valence-corrected chi connectivity index (χ4v) is 3.05. The molecule has 6 nitrogen and oxygen atoms in total. The molecule has 126 valence electrons. The summed E-state index contributed by atoms with van der Waals surface area (Å²) in [6.07, 6.45) is 3.33. The van der Waals surface area contributed by atoms with Gasteiger partial charge in [-0.1, -0.05) is 6.07 Å². The van der Waals surface area contributed by atoms with E-state index >= 15 is 0 Å². The highest BCUT2D eigenvalue weighted by atomic mass is 16.6. The van der Waals surface area contributed by atoms with Crippen LogP contribution in [0, 0.1) is 23.0 Å². The predicted molar refractivity (Wildman–Crippen MR) is 90.5 cm³/mol. The fraction of sp³-hybridized carbons (Fsp3) is 0.588. The molecule has 1 aliphatic rings. The number of aryl methyl sites for hydroxylation is 1. The SMILES string of the molecule is Cc1ccc([N+](=O)[O-])c(NC2CCC(C(=O)NC(C)C)CC2)c1.